The summed E-state index contributed by atoms with van der Waals surface area (Å²) in [5.74, 6) is 3.31. The monoisotopic (exact) mass is 249 g/mol. The molecule has 0 aromatic carbocycles. The van der Waals surface area contributed by atoms with E-state index < -0.39 is 0 Å². The zero-order chi connectivity index (χ0) is 12.5. The van der Waals surface area contributed by atoms with Crippen molar-refractivity contribution in [2.75, 3.05) is 13.1 Å². The van der Waals surface area contributed by atoms with E-state index in [0.29, 0.717) is 13.1 Å². The molecule has 1 aromatic rings. The maximum Gasteiger partial charge on any atom is 0.192 e. The van der Waals surface area contributed by atoms with E-state index in [1.54, 1.807) is 0 Å². The molecule has 1 aromatic heterocycles. The lowest BCUT2D eigenvalue weighted by molar-refractivity contribution is 0.868. The summed E-state index contributed by atoms with van der Waals surface area (Å²) in [4.78, 5) is 7.16. The van der Waals surface area contributed by atoms with Crippen LogP contribution in [0.3, 0.4) is 0 Å². The van der Waals surface area contributed by atoms with Crippen molar-refractivity contribution in [3.63, 3.8) is 0 Å². The second kappa shape index (κ2) is 7.75. The molecule has 1 heterocycles. The van der Waals surface area contributed by atoms with Crippen LogP contribution in [-0.4, -0.2) is 19.0 Å². The van der Waals surface area contributed by atoms with Gasteiger partial charge >= 0.3 is 0 Å². The second-order valence-electron chi connectivity index (χ2n) is 3.47. The zero-order valence-corrected chi connectivity index (χ0v) is 11.2. The van der Waals surface area contributed by atoms with Crippen LogP contribution >= 0.6 is 11.3 Å². The SMILES string of the molecule is C#CCNC(=NCc1ccc(CC)s1)NCC. The highest BCUT2D eigenvalue weighted by molar-refractivity contribution is 7.11. The molecule has 1 rings (SSSR count). The summed E-state index contributed by atoms with van der Waals surface area (Å²) in [6.07, 6.45) is 6.30. The van der Waals surface area contributed by atoms with Crippen LogP contribution in [0.15, 0.2) is 17.1 Å². The lowest BCUT2D eigenvalue weighted by Crippen LogP contribution is -2.37. The third kappa shape index (κ3) is 4.92. The van der Waals surface area contributed by atoms with Crippen LogP contribution in [0.5, 0.6) is 0 Å². The number of rotatable bonds is 5. The van der Waals surface area contributed by atoms with Crippen molar-refractivity contribution in [2.45, 2.75) is 26.8 Å². The molecule has 2 N–H and O–H groups in total. The first-order valence-corrected chi connectivity index (χ1v) is 6.65. The predicted octanol–water partition coefficient (Wildman–Crippen LogP) is 2.00. The molecule has 4 heteroatoms. The van der Waals surface area contributed by atoms with Gasteiger partial charge in [0.15, 0.2) is 5.96 Å². The highest BCUT2D eigenvalue weighted by atomic mass is 32.1. The van der Waals surface area contributed by atoms with Crippen LogP contribution in [0.25, 0.3) is 0 Å². The largest absolute Gasteiger partial charge is 0.357 e. The molecular weight excluding hydrogens is 230 g/mol. The molecule has 0 aliphatic heterocycles. The van der Waals surface area contributed by atoms with Crippen molar-refractivity contribution in [1.29, 1.82) is 0 Å². The van der Waals surface area contributed by atoms with Gasteiger partial charge in [0.05, 0.1) is 13.1 Å². The van der Waals surface area contributed by atoms with Gasteiger partial charge in [-0.2, -0.15) is 0 Å². The fourth-order valence-electron chi connectivity index (χ4n) is 1.33. The zero-order valence-electron chi connectivity index (χ0n) is 10.4. The van der Waals surface area contributed by atoms with Gasteiger partial charge in [0.2, 0.25) is 0 Å². The molecule has 0 spiro atoms. The number of aliphatic imine (C=N–C) groups is 1. The average Bonchev–Trinajstić information content (AvgIpc) is 2.80. The van der Waals surface area contributed by atoms with E-state index in [1.807, 2.05) is 18.3 Å². The predicted molar refractivity (Wildman–Crippen MR) is 75.3 cm³/mol. The van der Waals surface area contributed by atoms with Crippen molar-refractivity contribution in [1.82, 2.24) is 10.6 Å². The van der Waals surface area contributed by atoms with Crippen LogP contribution in [0.4, 0.5) is 0 Å². The molecule has 0 aliphatic carbocycles. The van der Waals surface area contributed by atoms with Gasteiger partial charge < -0.3 is 10.6 Å². The Hall–Kier alpha value is -1.47. The van der Waals surface area contributed by atoms with Crippen LogP contribution in [-0.2, 0) is 13.0 Å². The molecule has 0 atom stereocenters. The molecule has 92 valence electrons. The standard InChI is InChI=1S/C13H19N3S/c1-4-9-15-13(14-6-3)16-10-12-8-7-11(5-2)17-12/h1,7-8H,5-6,9-10H2,2-3H3,(H2,14,15,16). The molecule has 17 heavy (non-hydrogen) atoms. The van der Waals surface area contributed by atoms with E-state index in [-0.39, 0.29) is 0 Å². The summed E-state index contributed by atoms with van der Waals surface area (Å²) in [6.45, 7) is 6.23. The summed E-state index contributed by atoms with van der Waals surface area (Å²) >= 11 is 1.81. The summed E-state index contributed by atoms with van der Waals surface area (Å²) in [5.41, 5.74) is 0. The van der Waals surface area contributed by atoms with Crippen molar-refractivity contribution < 1.29 is 0 Å². The Morgan fingerprint density at radius 3 is 2.71 bits per heavy atom. The van der Waals surface area contributed by atoms with Crippen molar-refractivity contribution in [3.8, 4) is 12.3 Å². The molecule has 0 bridgehead atoms. The minimum Gasteiger partial charge on any atom is -0.357 e. The lowest BCUT2D eigenvalue weighted by Gasteiger charge is -2.07. The molecule has 0 aliphatic rings. The summed E-state index contributed by atoms with van der Waals surface area (Å²) < 4.78 is 0. The third-order valence-corrected chi connectivity index (χ3v) is 3.38. The summed E-state index contributed by atoms with van der Waals surface area (Å²) in [7, 11) is 0. The number of guanidine groups is 1. The quantitative estimate of drug-likeness (QED) is 0.476. The van der Waals surface area contributed by atoms with Gasteiger partial charge in [-0.1, -0.05) is 12.8 Å². The fourth-order valence-corrected chi connectivity index (χ4v) is 2.21. The van der Waals surface area contributed by atoms with E-state index in [9.17, 15) is 0 Å². The molecule has 0 radical (unpaired) electrons. The van der Waals surface area contributed by atoms with E-state index in [2.05, 4.69) is 40.6 Å². The van der Waals surface area contributed by atoms with Crippen molar-refractivity contribution >= 4 is 17.3 Å². The number of terminal acetylenes is 1. The number of thiophene rings is 1. The minimum absolute atomic E-state index is 0.497. The number of hydrogen-bond donors (Lipinski definition) is 2. The first-order chi connectivity index (χ1) is 8.30. The van der Waals surface area contributed by atoms with Gasteiger partial charge in [-0.05, 0) is 25.5 Å². The maximum atomic E-state index is 5.21. The first kappa shape index (κ1) is 13.6. The Morgan fingerprint density at radius 2 is 2.12 bits per heavy atom. The fraction of sp³-hybridized carbons (Fsp3) is 0.462. The second-order valence-corrected chi connectivity index (χ2v) is 4.73. The van der Waals surface area contributed by atoms with E-state index in [0.717, 1.165) is 18.9 Å². The van der Waals surface area contributed by atoms with Gasteiger partial charge in [-0.3, -0.25) is 0 Å². The molecule has 0 fully saturated rings. The van der Waals surface area contributed by atoms with Crippen molar-refractivity contribution in [3.05, 3.63) is 21.9 Å². The Morgan fingerprint density at radius 1 is 1.35 bits per heavy atom. The van der Waals surface area contributed by atoms with Gasteiger partial charge in [-0.25, -0.2) is 4.99 Å². The highest BCUT2D eigenvalue weighted by Crippen LogP contribution is 2.17. The summed E-state index contributed by atoms with van der Waals surface area (Å²) in [6, 6.07) is 4.30. The van der Waals surface area contributed by atoms with Crippen LogP contribution in [0.2, 0.25) is 0 Å². The smallest absolute Gasteiger partial charge is 0.192 e. The van der Waals surface area contributed by atoms with Gasteiger partial charge in [0.25, 0.3) is 0 Å². The molecule has 0 saturated carbocycles. The van der Waals surface area contributed by atoms with E-state index in [1.165, 1.54) is 9.75 Å². The third-order valence-electron chi connectivity index (χ3n) is 2.16. The van der Waals surface area contributed by atoms with Crippen LogP contribution < -0.4 is 10.6 Å². The number of aryl methyl sites for hydroxylation is 1. The van der Waals surface area contributed by atoms with Crippen molar-refractivity contribution in [2.24, 2.45) is 4.99 Å². The van der Waals surface area contributed by atoms with Gasteiger partial charge in [0, 0.05) is 16.3 Å². The Bertz CT molecular complexity index is 401. The topological polar surface area (TPSA) is 36.4 Å². The summed E-state index contributed by atoms with van der Waals surface area (Å²) in [5, 5.41) is 6.23. The minimum atomic E-state index is 0.497. The first-order valence-electron chi connectivity index (χ1n) is 5.83. The lowest BCUT2D eigenvalue weighted by atomic mass is 10.4. The molecule has 0 unspecified atom stereocenters. The number of hydrogen-bond acceptors (Lipinski definition) is 2. The molecular formula is C13H19N3S. The highest BCUT2D eigenvalue weighted by Gasteiger charge is 1.99. The Kier molecular flexibility index (Phi) is 6.19. The van der Waals surface area contributed by atoms with Crippen LogP contribution in [0.1, 0.15) is 23.6 Å². The maximum absolute atomic E-state index is 5.21. The van der Waals surface area contributed by atoms with E-state index in [4.69, 9.17) is 6.42 Å². The molecule has 0 saturated heterocycles. The molecule has 0 amide bonds. The van der Waals surface area contributed by atoms with Gasteiger partial charge in [-0.15, -0.1) is 17.8 Å². The normalized spacial score (nSPS) is 11.0. The number of nitrogens with zero attached hydrogens (tertiary/aromatic N) is 1. The number of nitrogens with one attached hydrogen (secondary N) is 2. The molecule has 3 nitrogen and oxygen atoms in total. The average molecular weight is 249 g/mol. The van der Waals surface area contributed by atoms with E-state index >= 15 is 0 Å². The van der Waals surface area contributed by atoms with Gasteiger partial charge in [0.1, 0.15) is 0 Å². The Balaban J connectivity index is 2.55. The van der Waals surface area contributed by atoms with Crippen LogP contribution in [0, 0.1) is 12.3 Å². The Labute approximate surface area is 107 Å².